The molecule has 0 unspecified atom stereocenters. The monoisotopic (exact) mass is 466 g/mol. The summed E-state index contributed by atoms with van der Waals surface area (Å²) in [7, 11) is -1.12. The van der Waals surface area contributed by atoms with E-state index in [1.54, 1.807) is 17.5 Å². The summed E-state index contributed by atoms with van der Waals surface area (Å²) in [6.07, 6.45) is 0.668. The smallest absolute Gasteiger partial charge is 0.339 e. The van der Waals surface area contributed by atoms with E-state index in [1.807, 2.05) is 0 Å². The number of nitrogens with one attached hydrogen (secondary N) is 1. The Balaban J connectivity index is 1.72. The molecule has 1 N–H and O–H groups in total. The number of hydrogen-bond acceptors (Lipinski definition) is 8. The number of anilines is 1. The van der Waals surface area contributed by atoms with Gasteiger partial charge < -0.3 is 14.8 Å². The molecular formula is C20H22N2O7S2. The summed E-state index contributed by atoms with van der Waals surface area (Å²) in [5.74, 6) is -2.08. The minimum atomic E-state index is -3.56. The first-order valence-corrected chi connectivity index (χ1v) is 11.7. The van der Waals surface area contributed by atoms with Crippen molar-refractivity contribution in [1.82, 2.24) is 4.31 Å². The van der Waals surface area contributed by atoms with E-state index in [0.29, 0.717) is 12.8 Å². The second-order valence-corrected chi connectivity index (χ2v) is 9.96. The van der Waals surface area contributed by atoms with Crippen LogP contribution in [0.15, 0.2) is 39.9 Å². The third-order valence-corrected chi connectivity index (χ3v) is 8.29. The summed E-state index contributed by atoms with van der Waals surface area (Å²) in [5, 5.41) is 4.39. The molecule has 0 aliphatic carbocycles. The molecule has 2 heterocycles. The normalized spacial score (nSPS) is 15.3. The van der Waals surface area contributed by atoms with E-state index in [4.69, 9.17) is 4.74 Å². The van der Waals surface area contributed by atoms with E-state index >= 15 is 0 Å². The van der Waals surface area contributed by atoms with Crippen molar-refractivity contribution in [3.63, 3.8) is 0 Å². The number of methoxy groups -OCH3 is 2. The van der Waals surface area contributed by atoms with Crippen molar-refractivity contribution in [1.29, 1.82) is 0 Å². The van der Waals surface area contributed by atoms with Gasteiger partial charge in [0.1, 0.15) is 4.21 Å². The molecular weight excluding hydrogens is 444 g/mol. The van der Waals surface area contributed by atoms with E-state index in [9.17, 15) is 22.8 Å². The van der Waals surface area contributed by atoms with Crippen LogP contribution in [-0.4, -0.2) is 57.9 Å². The number of rotatable bonds is 6. The highest BCUT2D eigenvalue weighted by molar-refractivity contribution is 7.91. The summed E-state index contributed by atoms with van der Waals surface area (Å²) in [5.41, 5.74) is 0.400. The number of hydrogen-bond donors (Lipinski definition) is 1. The molecule has 31 heavy (non-hydrogen) atoms. The van der Waals surface area contributed by atoms with Crippen LogP contribution in [0.1, 0.15) is 33.6 Å². The Morgan fingerprint density at radius 3 is 2.32 bits per heavy atom. The molecule has 0 atom stereocenters. The molecule has 0 bridgehead atoms. The Hall–Kier alpha value is -2.76. The number of carbonyl (C=O) groups is 3. The van der Waals surface area contributed by atoms with Crippen LogP contribution in [0.2, 0.25) is 0 Å². The summed E-state index contributed by atoms with van der Waals surface area (Å²) in [4.78, 5) is 36.7. The lowest BCUT2D eigenvalue weighted by Gasteiger charge is -2.30. The average molecular weight is 467 g/mol. The number of piperidine rings is 1. The lowest BCUT2D eigenvalue weighted by Crippen LogP contribution is -2.41. The molecule has 1 aliphatic rings. The second-order valence-electron chi connectivity index (χ2n) is 6.84. The first kappa shape index (κ1) is 22.9. The molecule has 11 heteroatoms. The van der Waals surface area contributed by atoms with Gasteiger partial charge in [-0.2, -0.15) is 4.31 Å². The zero-order valence-corrected chi connectivity index (χ0v) is 18.6. The van der Waals surface area contributed by atoms with Gasteiger partial charge in [-0.25, -0.2) is 18.0 Å². The van der Waals surface area contributed by atoms with Gasteiger partial charge in [-0.15, -0.1) is 11.3 Å². The fourth-order valence-corrected chi connectivity index (χ4v) is 5.93. The van der Waals surface area contributed by atoms with Crippen LogP contribution in [0.3, 0.4) is 0 Å². The third kappa shape index (κ3) is 4.94. The molecule has 0 radical (unpaired) electrons. The molecule has 3 rings (SSSR count). The molecule has 1 saturated heterocycles. The Bertz CT molecular complexity index is 1070. The van der Waals surface area contributed by atoms with Crippen molar-refractivity contribution in [2.24, 2.45) is 5.92 Å². The van der Waals surface area contributed by atoms with Crippen LogP contribution in [0.4, 0.5) is 5.69 Å². The van der Waals surface area contributed by atoms with Gasteiger partial charge in [-0.3, -0.25) is 4.79 Å². The van der Waals surface area contributed by atoms with Gasteiger partial charge in [0.25, 0.3) is 10.0 Å². The molecule has 2 aromatic rings. The fourth-order valence-electron chi connectivity index (χ4n) is 3.31. The zero-order chi connectivity index (χ0) is 22.6. The first-order valence-electron chi connectivity index (χ1n) is 9.43. The molecule has 1 aliphatic heterocycles. The van der Waals surface area contributed by atoms with E-state index in [2.05, 4.69) is 10.1 Å². The minimum absolute atomic E-state index is 0.0983. The molecule has 166 valence electrons. The largest absolute Gasteiger partial charge is 0.465 e. The summed E-state index contributed by atoms with van der Waals surface area (Å²) in [6.45, 7) is 0.425. The van der Waals surface area contributed by atoms with Crippen molar-refractivity contribution in [3.05, 3.63) is 46.8 Å². The van der Waals surface area contributed by atoms with Crippen LogP contribution in [-0.2, 0) is 24.3 Å². The number of sulfonamides is 1. The number of benzene rings is 1. The van der Waals surface area contributed by atoms with Crippen molar-refractivity contribution >= 4 is 44.9 Å². The predicted octanol–water partition coefficient (Wildman–Crippen LogP) is 2.36. The number of carbonyl (C=O) groups excluding carboxylic acids is 3. The number of ether oxygens (including phenoxy) is 2. The van der Waals surface area contributed by atoms with Gasteiger partial charge in [0.15, 0.2) is 0 Å². The van der Waals surface area contributed by atoms with Gasteiger partial charge in [0.05, 0.1) is 31.0 Å². The van der Waals surface area contributed by atoms with Crippen molar-refractivity contribution in [2.75, 3.05) is 32.6 Å². The number of nitrogens with zero attached hydrogens (tertiary/aromatic N) is 1. The average Bonchev–Trinajstić information content (AvgIpc) is 3.34. The summed E-state index contributed by atoms with van der Waals surface area (Å²) in [6, 6.07) is 7.37. The van der Waals surface area contributed by atoms with E-state index in [0.717, 1.165) is 11.3 Å². The van der Waals surface area contributed by atoms with Crippen LogP contribution in [0.25, 0.3) is 0 Å². The van der Waals surface area contributed by atoms with Crippen molar-refractivity contribution < 1.29 is 32.3 Å². The minimum Gasteiger partial charge on any atom is -0.465 e. The van der Waals surface area contributed by atoms with Gasteiger partial charge >= 0.3 is 11.9 Å². The standard InChI is InChI=1S/C20H22N2O7S2/c1-28-19(24)14-5-6-15(20(25)29-2)16(12-14)21-18(23)13-7-9-22(10-8-13)31(26,27)17-4-3-11-30-17/h3-6,11-13H,7-10H2,1-2H3,(H,21,23). The Morgan fingerprint density at radius 1 is 1.06 bits per heavy atom. The Morgan fingerprint density at radius 2 is 1.74 bits per heavy atom. The number of thiophene rings is 1. The SMILES string of the molecule is COC(=O)c1ccc(C(=O)OC)c(NC(=O)C2CCN(S(=O)(=O)c3cccs3)CC2)c1. The van der Waals surface area contributed by atoms with E-state index < -0.39 is 27.9 Å². The quantitative estimate of drug-likeness (QED) is 0.649. The molecule has 9 nitrogen and oxygen atoms in total. The van der Waals surface area contributed by atoms with Crippen LogP contribution in [0, 0.1) is 5.92 Å². The lowest BCUT2D eigenvalue weighted by atomic mass is 9.97. The maximum atomic E-state index is 12.8. The molecule has 1 aromatic carbocycles. The van der Waals surface area contributed by atoms with Crippen LogP contribution in [0.5, 0.6) is 0 Å². The third-order valence-electron chi connectivity index (χ3n) is 5.02. The van der Waals surface area contributed by atoms with Gasteiger partial charge in [0, 0.05) is 19.0 Å². The zero-order valence-electron chi connectivity index (χ0n) is 17.0. The van der Waals surface area contributed by atoms with Gasteiger partial charge in [0.2, 0.25) is 5.91 Å². The molecule has 1 aromatic heterocycles. The summed E-state index contributed by atoms with van der Waals surface area (Å²) < 4.78 is 36.4. The maximum absolute atomic E-state index is 12.8. The van der Waals surface area contributed by atoms with Gasteiger partial charge in [-0.05, 0) is 42.5 Å². The van der Waals surface area contributed by atoms with Crippen molar-refractivity contribution in [3.8, 4) is 0 Å². The number of esters is 2. The topological polar surface area (TPSA) is 119 Å². The number of amides is 1. The Kier molecular flexibility index (Phi) is 7.08. The highest BCUT2D eigenvalue weighted by Gasteiger charge is 2.33. The second kappa shape index (κ2) is 9.58. The van der Waals surface area contributed by atoms with Gasteiger partial charge in [-0.1, -0.05) is 6.07 Å². The lowest BCUT2D eigenvalue weighted by molar-refractivity contribution is -0.120. The van der Waals surface area contributed by atoms with Crippen LogP contribution >= 0.6 is 11.3 Å². The van der Waals surface area contributed by atoms with E-state index in [-0.39, 0.29) is 40.0 Å². The van der Waals surface area contributed by atoms with Crippen molar-refractivity contribution in [2.45, 2.75) is 17.1 Å². The first-order chi connectivity index (χ1) is 14.8. The molecule has 1 amide bonds. The molecule has 0 spiro atoms. The van der Waals surface area contributed by atoms with Crippen LogP contribution < -0.4 is 5.32 Å². The predicted molar refractivity (Wildman–Crippen MR) is 114 cm³/mol. The highest BCUT2D eigenvalue weighted by Crippen LogP contribution is 2.28. The maximum Gasteiger partial charge on any atom is 0.339 e. The van der Waals surface area contributed by atoms with E-state index in [1.165, 1.54) is 36.7 Å². The Labute approximate surface area is 184 Å². The molecule has 1 fully saturated rings. The molecule has 0 saturated carbocycles. The summed E-state index contributed by atoms with van der Waals surface area (Å²) >= 11 is 1.15. The fraction of sp³-hybridized carbons (Fsp3) is 0.350. The highest BCUT2D eigenvalue weighted by atomic mass is 32.2.